The maximum absolute atomic E-state index is 13.5. The van der Waals surface area contributed by atoms with Crippen LogP contribution in [-0.4, -0.2) is 49.9 Å². The molecule has 0 radical (unpaired) electrons. The first kappa shape index (κ1) is 32.8. The molecule has 4 N–H and O–H groups in total. The first-order valence-corrected chi connectivity index (χ1v) is 14.8. The van der Waals surface area contributed by atoms with E-state index in [1.165, 1.54) is 51.3 Å². The number of hydrogen-bond acceptors (Lipinski definition) is 8. The van der Waals surface area contributed by atoms with Gasteiger partial charge in [-0.15, -0.1) is 11.8 Å². The number of phenolic OH excluding ortho intramolecular Hbond substituents is 1. The maximum atomic E-state index is 13.5. The Morgan fingerprint density at radius 2 is 1.56 bits per heavy atom. The molecule has 45 heavy (non-hydrogen) atoms. The number of carbonyl (C=O) groups excluding carboxylic acids is 3. The van der Waals surface area contributed by atoms with Crippen LogP contribution < -0.4 is 30.2 Å². The lowest BCUT2D eigenvalue weighted by Gasteiger charge is -2.14. The molecule has 12 heteroatoms. The normalized spacial score (nSPS) is 10.9. The molecule has 0 unspecified atom stereocenters. The van der Waals surface area contributed by atoms with Crippen LogP contribution in [0.25, 0.3) is 6.08 Å². The van der Waals surface area contributed by atoms with Crippen molar-refractivity contribution in [1.82, 2.24) is 5.32 Å². The Labute approximate surface area is 269 Å². The van der Waals surface area contributed by atoms with Crippen molar-refractivity contribution in [2.45, 2.75) is 4.90 Å². The predicted octanol–water partition coefficient (Wildman–Crippen LogP) is 6.21. The first-order valence-electron chi connectivity index (χ1n) is 13.4. The van der Waals surface area contributed by atoms with Gasteiger partial charge in [0.1, 0.15) is 28.7 Å². The Bertz CT molecular complexity index is 1730. The zero-order chi connectivity index (χ0) is 32.3. The summed E-state index contributed by atoms with van der Waals surface area (Å²) in [6.45, 7) is 0. The summed E-state index contributed by atoms with van der Waals surface area (Å²) in [7, 11) is 4.39. The van der Waals surface area contributed by atoms with Crippen LogP contribution in [0.15, 0.2) is 95.5 Å². The number of halogens is 1. The average Bonchev–Trinajstić information content (AvgIpc) is 3.04. The quantitative estimate of drug-likeness (QED) is 0.105. The van der Waals surface area contributed by atoms with Crippen molar-refractivity contribution in [3.63, 3.8) is 0 Å². The number of phenols is 1. The van der Waals surface area contributed by atoms with Crippen LogP contribution in [0.2, 0.25) is 5.02 Å². The second kappa shape index (κ2) is 15.6. The monoisotopic (exact) mass is 647 g/mol. The number of methoxy groups -OCH3 is 3. The highest BCUT2D eigenvalue weighted by atomic mass is 35.5. The Hall–Kier alpha value is -5.13. The van der Waals surface area contributed by atoms with Gasteiger partial charge in [-0.05, 0) is 54.6 Å². The van der Waals surface area contributed by atoms with E-state index < -0.39 is 11.8 Å². The van der Waals surface area contributed by atoms with Gasteiger partial charge in [-0.1, -0.05) is 35.9 Å². The van der Waals surface area contributed by atoms with E-state index in [-0.39, 0.29) is 23.1 Å². The van der Waals surface area contributed by atoms with Gasteiger partial charge in [-0.25, -0.2) is 0 Å². The number of aromatic hydroxyl groups is 1. The molecule has 4 rings (SSSR count). The highest BCUT2D eigenvalue weighted by Gasteiger charge is 2.17. The van der Waals surface area contributed by atoms with Crippen LogP contribution >= 0.6 is 23.4 Å². The van der Waals surface area contributed by atoms with Crippen molar-refractivity contribution in [3.8, 4) is 23.0 Å². The minimum Gasteiger partial charge on any atom is -0.508 e. The van der Waals surface area contributed by atoms with E-state index in [9.17, 15) is 19.5 Å². The number of carbonyl (C=O) groups is 3. The molecule has 232 valence electrons. The van der Waals surface area contributed by atoms with Gasteiger partial charge in [0.05, 0.1) is 37.8 Å². The van der Waals surface area contributed by atoms with Gasteiger partial charge in [0.25, 0.3) is 11.8 Å². The second-order valence-corrected chi connectivity index (χ2v) is 10.8. The van der Waals surface area contributed by atoms with Crippen molar-refractivity contribution >= 4 is 58.5 Å². The fourth-order valence-electron chi connectivity index (χ4n) is 4.07. The van der Waals surface area contributed by atoms with Crippen molar-refractivity contribution in [3.05, 3.63) is 107 Å². The Balaban J connectivity index is 1.49. The molecule has 0 aliphatic heterocycles. The molecule has 0 saturated carbocycles. The van der Waals surface area contributed by atoms with Crippen LogP contribution in [0, 0.1) is 0 Å². The third-order valence-electron chi connectivity index (χ3n) is 6.26. The molecule has 0 fully saturated rings. The molecule has 0 atom stereocenters. The van der Waals surface area contributed by atoms with E-state index in [0.717, 1.165) is 0 Å². The summed E-state index contributed by atoms with van der Waals surface area (Å²) >= 11 is 7.46. The van der Waals surface area contributed by atoms with Crippen LogP contribution in [0.1, 0.15) is 15.9 Å². The molecule has 0 spiro atoms. The van der Waals surface area contributed by atoms with Crippen molar-refractivity contribution in [1.29, 1.82) is 0 Å². The predicted molar refractivity (Wildman–Crippen MR) is 176 cm³/mol. The summed E-state index contributed by atoms with van der Waals surface area (Å²) in [4.78, 5) is 39.9. The van der Waals surface area contributed by atoms with Crippen LogP contribution in [0.3, 0.4) is 0 Å². The molecule has 0 bridgehead atoms. The van der Waals surface area contributed by atoms with E-state index in [1.54, 1.807) is 72.8 Å². The molecule has 4 aromatic rings. The number of thioether (sulfide) groups is 1. The lowest BCUT2D eigenvalue weighted by molar-refractivity contribution is -0.114. The van der Waals surface area contributed by atoms with Crippen molar-refractivity contribution in [2.75, 3.05) is 37.7 Å². The molecule has 4 aromatic carbocycles. The molecule has 10 nitrogen and oxygen atoms in total. The summed E-state index contributed by atoms with van der Waals surface area (Å²) < 4.78 is 15.9. The first-order chi connectivity index (χ1) is 21.7. The zero-order valence-corrected chi connectivity index (χ0v) is 26.1. The highest BCUT2D eigenvalue weighted by Crippen LogP contribution is 2.36. The minimum atomic E-state index is -0.599. The number of ether oxygens (including phenoxy) is 3. The van der Waals surface area contributed by atoms with E-state index >= 15 is 0 Å². The van der Waals surface area contributed by atoms with Gasteiger partial charge < -0.3 is 35.3 Å². The summed E-state index contributed by atoms with van der Waals surface area (Å²) in [5, 5.41) is 18.4. The number of anilines is 2. The van der Waals surface area contributed by atoms with Gasteiger partial charge in [0.15, 0.2) is 0 Å². The smallest absolute Gasteiger partial charge is 0.272 e. The molecule has 0 saturated heterocycles. The average molecular weight is 648 g/mol. The maximum Gasteiger partial charge on any atom is 0.272 e. The van der Waals surface area contributed by atoms with Crippen LogP contribution in [0.4, 0.5) is 11.4 Å². The summed E-state index contributed by atoms with van der Waals surface area (Å²) in [5.74, 6) is -0.225. The molecule has 3 amide bonds. The zero-order valence-electron chi connectivity index (χ0n) is 24.6. The Kier molecular flexibility index (Phi) is 11.3. The fourth-order valence-corrected chi connectivity index (χ4v) is 5.07. The lowest BCUT2D eigenvalue weighted by atomic mass is 10.1. The van der Waals surface area contributed by atoms with Gasteiger partial charge in [0, 0.05) is 33.8 Å². The molecule has 0 aliphatic rings. The van der Waals surface area contributed by atoms with Crippen molar-refractivity contribution in [2.24, 2.45) is 0 Å². The van der Waals surface area contributed by atoms with E-state index in [2.05, 4.69) is 16.0 Å². The topological polar surface area (TPSA) is 135 Å². The molecule has 0 aromatic heterocycles. The van der Waals surface area contributed by atoms with Gasteiger partial charge >= 0.3 is 0 Å². The summed E-state index contributed by atoms with van der Waals surface area (Å²) in [6.07, 6.45) is 1.46. The number of amides is 3. The second-order valence-electron chi connectivity index (χ2n) is 9.31. The Morgan fingerprint density at radius 1 is 0.822 bits per heavy atom. The Morgan fingerprint density at radius 3 is 2.27 bits per heavy atom. The molecular formula is C33H30ClN3O7S. The highest BCUT2D eigenvalue weighted by molar-refractivity contribution is 8.00. The summed E-state index contributed by atoms with van der Waals surface area (Å²) in [6, 6.07) is 22.9. The molecule has 0 heterocycles. The minimum absolute atomic E-state index is 0.0155. The van der Waals surface area contributed by atoms with Gasteiger partial charge in [-0.3, -0.25) is 14.4 Å². The van der Waals surface area contributed by atoms with Crippen LogP contribution in [-0.2, 0) is 9.59 Å². The largest absolute Gasteiger partial charge is 0.508 e. The third kappa shape index (κ3) is 8.94. The van der Waals surface area contributed by atoms with E-state index in [4.69, 9.17) is 25.8 Å². The fraction of sp³-hybridized carbons (Fsp3) is 0.121. The van der Waals surface area contributed by atoms with E-state index in [1.807, 2.05) is 0 Å². The lowest BCUT2D eigenvalue weighted by Crippen LogP contribution is -2.30. The number of nitrogens with one attached hydrogen (secondary N) is 3. The number of rotatable bonds is 12. The number of hydrogen-bond donors (Lipinski definition) is 4. The van der Waals surface area contributed by atoms with Crippen molar-refractivity contribution < 1.29 is 33.7 Å². The van der Waals surface area contributed by atoms with Gasteiger partial charge in [0.2, 0.25) is 5.91 Å². The third-order valence-corrected chi connectivity index (χ3v) is 7.54. The van der Waals surface area contributed by atoms with Crippen LogP contribution in [0.5, 0.6) is 23.0 Å². The number of benzene rings is 4. The molecule has 0 aliphatic carbocycles. The SMILES string of the molecule is COc1cc(OC)c(NC(=O)CSc2cccc(NC(=O)/C(=C\c3ccc(O)cc3OC)NC(=O)c3ccccc3)c2)cc1Cl. The van der Waals surface area contributed by atoms with Gasteiger partial charge in [-0.2, -0.15) is 0 Å². The van der Waals surface area contributed by atoms with E-state index in [0.29, 0.717) is 49.7 Å². The summed E-state index contributed by atoms with van der Waals surface area (Å²) in [5.41, 5.74) is 1.60. The standard InChI is InChI=1S/C33H30ClN3O7S/c1-42-28-16-23(38)13-12-21(28)14-27(37-32(40)20-8-5-4-6-9-20)33(41)35-22-10-7-11-24(15-22)45-19-31(39)36-26-17-25(34)29(43-2)18-30(26)44-3/h4-18,38H,19H2,1-3H3,(H,35,41)(H,36,39)(H,37,40)/b27-14+. The molecular weight excluding hydrogens is 618 g/mol.